The van der Waals surface area contributed by atoms with Crippen molar-refractivity contribution in [1.29, 1.82) is 0 Å². The van der Waals surface area contributed by atoms with Crippen LogP contribution in [0.25, 0.3) is 0 Å². The number of halogens is 1. The molecular formula is C14H17FN6O. The van der Waals surface area contributed by atoms with Gasteiger partial charge in [0.1, 0.15) is 12.0 Å². The second-order valence-electron chi connectivity index (χ2n) is 5.33. The summed E-state index contributed by atoms with van der Waals surface area (Å²) in [7, 11) is 1.76. The molecule has 116 valence electrons. The van der Waals surface area contributed by atoms with Crippen molar-refractivity contribution in [3.05, 3.63) is 36.3 Å². The first-order valence-corrected chi connectivity index (χ1v) is 7.14. The van der Waals surface area contributed by atoms with E-state index in [9.17, 15) is 9.18 Å². The molecule has 0 saturated carbocycles. The minimum Gasteiger partial charge on any atom is -0.352 e. The molecule has 1 aliphatic heterocycles. The number of anilines is 1. The highest BCUT2D eigenvalue weighted by atomic mass is 19.1. The minimum absolute atomic E-state index is 0.0578. The number of nitrogens with one attached hydrogen (secondary N) is 1. The molecule has 1 amide bonds. The fraction of sp³-hybridized carbons (Fsp3) is 0.429. The van der Waals surface area contributed by atoms with Gasteiger partial charge in [0.15, 0.2) is 11.6 Å². The highest BCUT2D eigenvalue weighted by Gasteiger charge is 2.25. The third-order valence-corrected chi connectivity index (χ3v) is 3.65. The largest absolute Gasteiger partial charge is 0.352 e. The molecule has 0 bridgehead atoms. The zero-order chi connectivity index (χ0) is 15.5. The van der Waals surface area contributed by atoms with Crippen LogP contribution in [0, 0.1) is 5.82 Å². The maximum atomic E-state index is 13.8. The highest BCUT2D eigenvalue weighted by molar-refractivity contribution is 5.92. The molecule has 2 aromatic heterocycles. The minimum atomic E-state index is -0.445. The molecule has 1 saturated heterocycles. The molecule has 1 N–H and O–H groups in total. The summed E-state index contributed by atoms with van der Waals surface area (Å²) in [4.78, 5) is 21.6. The van der Waals surface area contributed by atoms with Gasteiger partial charge in [-0.05, 0) is 18.9 Å². The summed E-state index contributed by atoms with van der Waals surface area (Å²) in [6.07, 6.45) is 5.91. The SMILES string of the molecule is Cn1ccc(C(=O)NC2CCCN(c3ncncc3F)C2)n1. The number of carbonyl (C=O) groups is 1. The van der Waals surface area contributed by atoms with E-state index in [1.165, 1.54) is 6.33 Å². The predicted octanol–water partition coefficient (Wildman–Crippen LogP) is 0.748. The molecule has 3 rings (SSSR count). The molecule has 1 atom stereocenters. The number of hydrogen-bond donors (Lipinski definition) is 1. The number of piperidine rings is 1. The van der Waals surface area contributed by atoms with Gasteiger partial charge in [-0.1, -0.05) is 0 Å². The Morgan fingerprint density at radius 1 is 1.50 bits per heavy atom. The van der Waals surface area contributed by atoms with Crippen LogP contribution in [0.3, 0.4) is 0 Å². The lowest BCUT2D eigenvalue weighted by molar-refractivity contribution is 0.0927. The first kappa shape index (κ1) is 14.4. The molecule has 7 nitrogen and oxygen atoms in total. The standard InChI is InChI=1S/C14H17FN6O/c1-20-6-4-12(19-20)14(22)18-10-3-2-5-21(8-10)13-11(15)7-16-9-17-13/h4,6-7,9-10H,2-3,5,8H2,1H3,(H,18,22). The van der Waals surface area contributed by atoms with Crippen LogP contribution in [-0.2, 0) is 7.05 Å². The number of hydrogen-bond acceptors (Lipinski definition) is 5. The van der Waals surface area contributed by atoms with E-state index in [-0.39, 0.29) is 17.8 Å². The number of nitrogens with zero attached hydrogens (tertiary/aromatic N) is 5. The Kier molecular flexibility index (Phi) is 3.99. The Morgan fingerprint density at radius 3 is 3.09 bits per heavy atom. The van der Waals surface area contributed by atoms with Crippen molar-refractivity contribution in [2.24, 2.45) is 7.05 Å². The number of aromatic nitrogens is 4. The van der Waals surface area contributed by atoms with Crippen molar-refractivity contribution in [3.8, 4) is 0 Å². The van der Waals surface area contributed by atoms with Crippen LogP contribution in [-0.4, -0.2) is 44.8 Å². The van der Waals surface area contributed by atoms with Gasteiger partial charge in [-0.3, -0.25) is 9.48 Å². The van der Waals surface area contributed by atoms with Crippen molar-refractivity contribution in [3.63, 3.8) is 0 Å². The maximum Gasteiger partial charge on any atom is 0.272 e. The van der Waals surface area contributed by atoms with E-state index in [0.29, 0.717) is 18.8 Å². The maximum absolute atomic E-state index is 13.8. The van der Waals surface area contributed by atoms with Gasteiger partial charge in [-0.2, -0.15) is 5.10 Å². The van der Waals surface area contributed by atoms with Gasteiger partial charge in [0, 0.05) is 32.4 Å². The van der Waals surface area contributed by atoms with Crippen molar-refractivity contribution in [2.75, 3.05) is 18.0 Å². The number of rotatable bonds is 3. The van der Waals surface area contributed by atoms with E-state index >= 15 is 0 Å². The van der Waals surface area contributed by atoms with Gasteiger partial charge in [0.05, 0.1) is 6.20 Å². The smallest absolute Gasteiger partial charge is 0.272 e. The molecule has 0 aromatic carbocycles. The monoisotopic (exact) mass is 304 g/mol. The Hall–Kier alpha value is -2.51. The molecule has 8 heteroatoms. The highest BCUT2D eigenvalue weighted by Crippen LogP contribution is 2.20. The van der Waals surface area contributed by atoms with Crippen LogP contribution >= 0.6 is 0 Å². The fourth-order valence-electron chi connectivity index (χ4n) is 2.62. The van der Waals surface area contributed by atoms with Crippen LogP contribution in [0.1, 0.15) is 23.3 Å². The molecule has 0 aliphatic carbocycles. The van der Waals surface area contributed by atoms with E-state index in [2.05, 4.69) is 20.4 Å². The molecule has 3 heterocycles. The number of aryl methyl sites for hydroxylation is 1. The van der Waals surface area contributed by atoms with Gasteiger partial charge >= 0.3 is 0 Å². The normalized spacial score (nSPS) is 18.3. The van der Waals surface area contributed by atoms with E-state index in [0.717, 1.165) is 19.0 Å². The first-order valence-electron chi connectivity index (χ1n) is 7.14. The van der Waals surface area contributed by atoms with Crippen molar-refractivity contribution in [2.45, 2.75) is 18.9 Å². The summed E-state index contributed by atoms with van der Waals surface area (Å²) >= 11 is 0. The summed E-state index contributed by atoms with van der Waals surface area (Å²) in [5.41, 5.74) is 0.382. The molecule has 1 unspecified atom stereocenters. The summed E-state index contributed by atoms with van der Waals surface area (Å²) in [6, 6.07) is 1.61. The first-order chi connectivity index (χ1) is 10.6. The molecule has 2 aromatic rings. The van der Waals surface area contributed by atoms with E-state index < -0.39 is 5.82 Å². The second-order valence-corrected chi connectivity index (χ2v) is 5.33. The van der Waals surface area contributed by atoms with Crippen LogP contribution < -0.4 is 10.2 Å². The van der Waals surface area contributed by atoms with Crippen molar-refractivity contribution in [1.82, 2.24) is 25.1 Å². The molecule has 22 heavy (non-hydrogen) atoms. The van der Waals surface area contributed by atoms with E-state index in [4.69, 9.17) is 0 Å². The van der Waals surface area contributed by atoms with Crippen LogP contribution in [0.15, 0.2) is 24.8 Å². The van der Waals surface area contributed by atoms with E-state index in [1.807, 2.05) is 4.90 Å². The van der Waals surface area contributed by atoms with Crippen molar-refractivity contribution < 1.29 is 9.18 Å². The van der Waals surface area contributed by atoms with Gasteiger partial charge in [0.25, 0.3) is 5.91 Å². The summed E-state index contributed by atoms with van der Waals surface area (Å²) in [5.74, 6) is -0.374. The van der Waals surface area contributed by atoms with Crippen LogP contribution in [0.4, 0.5) is 10.2 Å². The lowest BCUT2D eigenvalue weighted by Gasteiger charge is -2.33. The zero-order valence-corrected chi connectivity index (χ0v) is 12.2. The fourth-order valence-corrected chi connectivity index (χ4v) is 2.62. The van der Waals surface area contributed by atoms with Crippen molar-refractivity contribution >= 4 is 11.7 Å². The zero-order valence-electron chi connectivity index (χ0n) is 12.2. The Bertz CT molecular complexity index is 673. The van der Waals surface area contributed by atoms with Gasteiger partial charge in [0.2, 0.25) is 0 Å². The Morgan fingerprint density at radius 2 is 2.36 bits per heavy atom. The van der Waals surface area contributed by atoms with Gasteiger partial charge in [-0.25, -0.2) is 14.4 Å². The summed E-state index contributed by atoms with van der Waals surface area (Å²) in [6.45, 7) is 1.23. The van der Waals surface area contributed by atoms with Gasteiger partial charge < -0.3 is 10.2 Å². The predicted molar refractivity (Wildman–Crippen MR) is 77.9 cm³/mol. The van der Waals surface area contributed by atoms with E-state index in [1.54, 1.807) is 24.0 Å². The van der Waals surface area contributed by atoms with Gasteiger partial charge in [-0.15, -0.1) is 0 Å². The summed E-state index contributed by atoms with van der Waals surface area (Å²) in [5, 5.41) is 7.02. The quantitative estimate of drug-likeness (QED) is 0.905. The Labute approximate surface area is 127 Å². The molecule has 0 radical (unpaired) electrons. The molecule has 1 aliphatic rings. The van der Waals surface area contributed by atoms with Crippen LogP contribution in [0.2, 0.25) is 0 Å². The second kappa shape index (κ2) is 6.08. The number of carbonyl (C=O) groups excluding carboxylic acids is 1. The number of amides is 1. The molecular weight excluding hydrogens is 287 g/mol. The third-order valence-electron chi connectivity index (χ3n) is 3.65. The molecule has 0 spiro atoms. The molecule has 1 fully saturated rings. The third kappa shape index (κ3) is 3.05. The topological polar surface area (TPSA) is 75.9 Å². The lowest BCUT2D eigenvalue weighted by atomic mass is 10.1. The summed E-state index contributed by atoms with van der Waals surface area (Å²) < 4.78 is 15.3. The average Bonchev–Trinajstić information content (AvgIpc) is 2.95. The van der Waals surface area contributed by atoms with Crippen LogP contribution in [0.5, 0.6) is 0 Å². The Balaban J connectivity index is 1.66. The lowest BCUT2D eigenvalue weighted by Crippen LogP contribution is -2.48. The average molecular weight is 304 g/mol.